The molecular formula is C20H22F3NO4S. The summed E-state index contributed by atoms with van der Waals surface area (Å²) in [6.07, 6.45) is -4.61. The summed E-state index contributed by atoms with van der Waals surface area (Å²) in [4.78, 5) is 0.0169. The van der Waals surface area contributed by atoms with Gasteiger partial charge in [0.25, 0.3) is 10.0 Å². The molecule has 3 rings (SSSR count). The Kier molecular flexibility index (Phi) is 5.68. The van der Waals surface area contributed by atoms with E-state index < -0.39 is 27.2 Å². The normalized spacial score (nSPS) is 16.3. The van der Waals surface area contributed by atoms with Crippen LogP contribution in [0.4, 0.5) is 18.9 Å². The van der Waals surface area contributed by atoms with E-state index >= 15 is 0 Å². The SMILES string of the molecule is Cc1ccc(C)c(S(=O)(=O)N(CC2(CO)COC2)c2cccc(C(F)(F)F)c2)c1. The first-order valence-corrected chi connectivity index (χ1v) is 10.4. The van der Waals surface area contributed by atoms with Gasteiger partial charge in [0, 0.05) is 6.54 Å². The number of halogens is 3. The highest BCUT2D eigenvalue weighted by Crippen LogP contribution is 2.37. The Morgan fingerprint density at radius 1 is 1.14 bits per heavy atom. The standard InChI is InChI=1S/C20H22F3NO4S/c1-14-6-7-15(2)18(8-14)29(26,27)24(10-19(11-25)12-28-13-19)17-5-3-4-16(9-17)20(21,22)23/h3-9,25H,10-13H2,1-2H3. The summed E-state index contributed by atoms with van der Waals surface area (Å²) in [6, 6.07) is 9.11. The van der Waals surface area contributed by atoms with Crippen LogP contribution in [0.15, 0.2) is 47.4 Å². The number of ether oxygens (including phenoxy) is 1. The molecular weight excluding hydrogens is 407 g/mol. The number of aliphatic hydroxyl groups excluding tert-OH is 1. The first-order chi connectivity index (χ1) is 13.5. The molecule has 0 atom stereocenters. The number of aryl methyl sites for hydroxylation is 2. The zero-order valence-electron chi connectivity index (χ0n) is 16.0. The summed E-state index contributed by atoms with van der Waals surface area (Å²) in [5, 5.41) is 9.77. The Bertz CT molecular complexity index is 996. The second kappa shape index (κ2) is 7.62. The third-order valence-electron chi connectivity index (χ3n) is 5.00. The van der Waals surface area contributed by atoms with E-state index in [1.54, 1.807) is 26.0 Å². The van der Waals surface area contributed by atoms with Gasteiger partial charge in [-0.3, -0.25) is 4.31 Å². The van der Waals surface area contributed by atoms with Crippen molar-refractivity contribution in [3.05, 3.63) is 59.2 Å². The number of aliphatic hydroxyl groups is 1. The molecule has 0 amide bonds. The van der Waals surface area contributed by atoms with Gasteiger partial charge in [-0.05, 0) is 49.2 Å². The Hall–Kier alpha value is -2.10. The lowest BCUT2D eigenvalue weighted by Crippen LogP contribution is -2.54. The van der Waals surface area contributed by atoms with Crippen LogP contribution in [0, 0.1) is 19.3 Å². The summed E-state index contributed by atoms with van der Waals surface area (Å²) in [6.45, 7) is 3.08. The number of benzene rings is 2. The molecule has 2 aromatic rings. The highest BCUT2D eigenvalue weighted by Gasteiger charge is 2.43. The molecule has 2 aromatic carbocycles. The molecule has 0 saturated carbocycles. The number of alkyl halides is 3. The van der Waals surface area contributed by atoms with Gasteiger partial charge in [-0.15, -0.1) is 0 Å². The van der Waals surface area contributed by atoms with Crippen LogP contribution in [-0.2, 0) is 20.9 Å². The summed E-state index contributed by atoms with van der Waals surface area (Å²) in [7, 11) is -4.19. The third-order valence-corrected chi connectivity index (χ3v) is 6.92. The number of hydrogen-bond donors (Lipinski definition) is 1. The van der Waals surface area contributed by atoms with Crippen molar-refractivity contribution in [2.24, 2.45) is 5.41 Å². The fourth-order valence-corrected chi connectivity index (χ4v) is 5.07. The van der Waals surface area contributed by atoms with E-state index in [1.165, 1.54) is 18.2 Å². The lowest BCUT2D eigenvalue weighted by Gasteiger charge is -2.43. The quantitative estimate of drug-likeness (QED) is 0.763. The molecule has 0 unspecified atom stereocenters. The molecule has 0 spiro atoms. The van der Waals surface area contributed by atoms with Gasteiger partial charge in [-0.2, -0.15) is 13.2 Å². The Labute approximate surface area is 167 Å². The maximum atomic E-state index is 13.5. The minimum absolute atomic E-state index is 0.0169. The van der Waals surface area contributed by atoms with Gasteiger partial charge >= 0.3 is 6.18 Å². The van der Waals surface area contributed by atoms with Crippen molar-refractivity contribution in [2.45, 2.75) is 24.9 Å². The maximum absolute atomic E-state index is 13.5. The van der Waals surface area contributed by atoms with Crippen LogP contribution in [0.25, 0.3) is 0 Å². The van der Waals surface area contributed by atoms with Crippen LogP contribution in [0.1, 0.15) is 16.7 Å². The smallest absolute Gasteiger partial charge is 0.396 e. The molecule has 1 heterocycles. The second-order valence-corrected chi connectivity index (χ2v) is 9.31. The average Bonchev–Trinajstić information content (AvgIpc) is 2.62. The molecule has 1 aliphatic heterocycles. The molecule has 1 saturated heterocycles. The monoisotopic (exact) mass is 429 g/mol. The van der Waals surface area contributed by atoms with Crippen LogP contribution in [0.3, 0.4) is 0 Å². The van der Waals surface area contributed by atoms with E-state index in [9.17, 15) is 26.7 Å². The minimum atomic E-state index is -4.61. The highest BCUT2D eigenvalue weighted by molar-refractivity contribution is 7.92. The highest BCUT2D eigenvalue weighted by atomic mass is 32.2. The number of hydrogen-bond acceptors (Lipinski definition) is 4. The van der Waals surface area contributed by atoms with Crippen molar-refractivity contribution in [3.8, 4) is 0 Å². The second-order valence-electron chi connectivity index (χ2n) is 7.48. The molecule has 0 bridgehead atoms. The van der Waals surface area contributed by atoms with E-state index in [-0.39, 0.29) is 36.9 Å². The van der Waals surface area contributed by atoms with Crippen LogP contribution >= 0.6 is 0 Å². The van der Waals surface area contributed by atoms with Crippen LogP contribution in [0.5, 0.6) is 0 Å². The lowest BCUT2D eigenvalue weighted by atomic mass is 9.87. The van der Waals surface area contributed by atoms with Gasteiger partial charge in [0.05, 0.1) is 41.4 Å². The fourth-order valence-electron chi connectivity index (χ4n) is 3.18. The van der Waals surface area contributed by atoms with Gasteiger partial charge in [-0.1, -0.05) is 18.2 Å². The molecule has 9 heteroatoms. The largest absolute Gasteiger partial charge is 0.416 e. The van der Waals surface area contributed by atoms with Crippen LogP contribution in [-0.4, -0.2) is 39.9 Å². The fraction of sp³-hybridized carbons (Fsp3) is 0.400. The molecule has 1 fully saturated rings. The predicted molar refractivity (Wildman–Crippen MR) is 102 cm³/mol. The van der Waals surface area contributed by atoms with Crippen molar-refractivity contribution in [3.63, 3.8) is 0 Å². The third kappa shape index (κ3) is 4.26. The maximum Gasteiger partial charge on any atom is 0.416 e. The predicted octanol–water partition coefficient (Wildman–Crippen LogP) is 3.53. The molecule has 0 radical (unpaired) electrons. The molecule has 1 N–H and O–H groups in total. The van der Waals surface area contributed by atoms with Crippen molar-refractivity contribution >= 4 is 15.7 Å². The molecule has 1 aliphatic rings. The summed E-state index contributed by atoms with van der Waals surface area (Å²) in [5.74, 6) is 0. The molecule has 0 aromatic heterocycles. The zero-order valence-corrected chi connectivity index (χ0v) is 16.8. The first-order valence-electron chi connectivity index (χ1n) is 8.94. The topological polar surface area (TPSA) is 66.8 Å². The average molecular weight is 429 g/mol. The van der Waals surface area contributed by atoms with E-state index in [0.717, 1.165) is 16.4 Å². The summed E-state index contributed by atoms with van der Waals surface area (Å²) >= 11 is 0. The zero-order chi connectivity index (χ0) is 21.4. The van der Waals surface area contributed by atoms with Gasteiger partial charge in [0.15, 0.2) is 0 Å². The molecule has 158 valence electrons. The Morgan fingerprint density at radius 2 is 1.83 bits per heavy atom. The van der Waals surface area contributed by atoms with Crippen molar-refractivity contribution in [1.82, 2.24) is 0 Å². The number of nitrogens with zero attached hydrogens (tertiary/aromatic N) is 1. The van der Waals surface area contributed by atoms with E-state index in [2.05, 4.69) is 0 Å². The van der Waals surface area contributed by atoms with Crippen LogP contribution in [0.2, 0.25) is 0 Å². The van der Waals surface area contributed by atoms with E-state index in [0.29, 0.717) is 11.1 Å². The lowest BCUT2D eigenvalue weighted by molar-refractivity contribution is -0.137. The van der Waals surface area contributed by atoms with Crippen molar-refractivity contribution in [1.29, 1.82) is 0 Å². The van der Waals surface area contributed by atoms with Gasteiger partial charge < -0.3 is 9.84 Å². The summed E-state index contributed by atoms with van der Waals surface area (Å²) < 4.78 is 72.8. The van der Waals surface area contributed by atoms with Crippen molar-refractivity contribution in [2.75, 3.05) is 30.7 Å². The van der Waals surface area contributed by atoms with Crippen molar-refractivity contribution < 1.29 is 31.4 Å². The van der Waals surface area contributed by atoms with Crippen LogP contribution < -0.4 is 4.31 Å². The van der Waals surface area contributed by atoms with E-state index in [4.69, 9.17) is 4.74 Å². The van der Waals surface area contributed by atoms with E-state index in [1.807, 2.05) is 0 Å². The molecule has 5 nitrogen and oxygen atoms in total. The minimum Gasteiger partial charge on any atom is -0.396 e. The number of rotatable bonds is 6. The first kappa shape index (κ1) is 21.6. The number of anilines is 1. The van der Waals surface area contributed by atoms with Gasteiger partial charge in [-0.25, -0.2) is 8.42 Å². The Morgan fingerprint density at radius 3 is 2.38 bits per heavy atom. The Balaban J connectivity index is 2.15. The molecule has 0 aliphatic carbocycles. The summed E-state index contributed by atoms with van der Waals surface area (Å²) in [5.41, 5.74) is -0.726. The van der Waals surface area contributed by atoms with Gasteiger partial charge in [0.1, 0.15) is 0 Å². The van der Waals surface area contributed by atoms with Gasteiger partial charge in [0.2, 0.25) is 0 Å². The number of sulfonamides is 1. The molecule has 29 heavy (non-hydrogen) atoms.